The standard InChI is InChI=1S/C13H13N3O2S.C9H7N3S.C4H7ClO2.Na.2H2O/c1-2-18-12(17)9-19-13-15-11(8-14-16-13)10-6-4-3-5-7-10;13-9-11-8(6-10-12-9)7-4-2-1-3-5-7;1-2-7-4(6)3-5;;;/h3-8H,2,9H2,1H3;1-6H,(H,11,12,13);2-3H2,1H3;;2*1H2/q;;;+1;;/p-1. The monoisotopic (exact) mass is 644 g/mol. The van der Waals surface area contributed by atoms with Crippen molar-refractivity contribution in [2.75, 3.05) is 24.8 Å². The first-order chi connectivity index (χ1) is 19.0. The molecule has 0 aliphatic heterocycles. The molecule has 0 atom stereocenters. The summed E-state index contributed by atoms with van der Waals surface area (Å²) in [6, 6.07) is 19.5. The quantitative estimate of drug-likeness (QED) is 0.0947. The van der Waals surface area contributed by atoms with E-state index < -0.39 is 0 Å². The predicted molar refractivity (Wildman–Crippen MR) is 158 cm³/mol. The number of rotatable bonds is 8. The fourth-order valence-electron chi connectivity index (χ4n) is 2.68. The molecule has 2 aromatic heterocycles. The number of benzene rings is 2. The molecule has 0 amide bonds. The van der Waals surface area contributed by atoms with Gasteiger partial charge in [0.2, 0.25) is 9.93 Å². The third kappa shape index (κ3) is 16.6. The van der Waals surface area contributed by atoms with Gasteiger partial charge in [-0.25, -0.2) is 9.97 Å². The summed E-state index contributed by atoms with van der Waals surface area (Å²) in [5.41, 5.74) is 3.52. The van der Waals surface area contributed by atoms with Crippen LogP contribution in [0.5, 0.6) is 0 Å². The maximum Gasteiger partial charge on any atom is 1.00 e. The van der Waals surface area contributed by atoms with E-state index in [0.29, 0.717) is 23.1 Å². The van der Waals surface area contributed by atoms with Crippen LogP contribution < -0.4 is 29.6 Å². The molecule has 0 unspecified atom stereocenters. The van der Waals surface area contributed by atoms with Crippen molar-refractivity contribution in [2.45, 2.75) is 19.0 Å². The van der Waals surface area contributed by atoms with E-state index >= 15 is 0 Å². The number of aromatic nitrogens is 6. The minimum Gasteiger partial charge on any atom is -0.870 e. The smallest absolute Gasteiger partial charge is 0.870 e. The van der Waals surface area contributed by atoms with Crippen LogP contribution in [0.1, 0.15) is 13.8 Å². The van der Waals surface area contributed by atoms with E-state index in [1.165, 1.54) is 11.8 Å². The van der Waals surface area contributed by atoms with Crippen LogP contribution in [0.2, 0.25) is 0 Å². The van der Waals surface area contributed by atoms with Crippen LogP contribution in [0.15, 0.2) is 78.2 Å². The maximum absolute atomic E-state index is 11.3. The molecule has 2 heterocycles. The molecule has 0 radical (unpaired) electrons. The first kappa shape index (κ1) is 41.3. The number of nitrogens with one attached hydrogen (secondary N) is 1. The Labute approximate surface area is 279 Å². The summed E-state index contributed by atoms with van der Waals surface area (Å²) in [7, 11) is 0. The largest absolute Gasteiger partial charge is 1.00 e. The average Bonchev–Trinajstić information content (AvgIpc) is 2.98. The van der Waals surface area contributed by atoms with E-state index in [4.69, 9.17) is 28.6 Å². The molecule has 2 aromatic carbocycles. The average molecular weight is 645 g/mol. The van der Waals surface area contributed by atoms with Gasteiger partial charge in [-0.15, -0.1) is 16.7 Å². The van der Waals surface area contributed by atoms with Crippen LogP contribution in [-0.2, 0) is 19.1 Å². The molecule has 0 bridgehead atoms. The second-order valence-electron chi connectivity index (χ2n) is 7.06. The van der Waals surface area contributed by atoms with Crippen LogP contribution >= 0.6 is 35.6 Å². The number of H-pyrrole nitrogens is 1. The summed E-state index contributed by atoms with van der Waals surface area (Å²) in [6.07, 6.45) is 3.26. The number of esters is 2. The first-order valence-electron chi connectivity index (χ1n) is 11.7. The van der Waals surface area contributed by atoms with E-state index in [1.54, 1.807) is 26.2 Å². The van der Waals surface area contributed by atoms with Gasteiger partial charge in [0.25, 0.3) is 0 Å². The van der Waals surface area contributed by atoms with Gasteiger partial charge in [-0.1, -0.05) is 72.4 Å². The van der Waals surface area contributed by atoms with Crippen LogP contribution in [0, 0.1) is 4.77 Å². The molecular weight excluding hydrogens is 615 g/mol. The zero-order chi connectivity index (χ0) is 28.3. The van der Waals surface area contributed by atoms with Crippen LogP contribution in [-0.4, -0.2) is 78.1 Å². The van der Waals surface area contributed by atoms with Crippen molar-refractivity contribution in [3.05, 3.63) is 77.8 Å². The molecule has 0 spiro atoms. The Bertz CT molecular complexity index is 1360. The molecule has 0 aliphatic rings. The second kappa shape index (κ2) is 24.7. The number of carbonyl (C=O) groups is 2. The number of hydrogen-bond donors (Lipinski definition) is 1. The number of halogens is 1. The van der Waals surface area contributed by atoms with Crippen molar-refractivity contribution in [2.24, 2.45) is 0 Å². The molecule has 4 N–H and O–H groups in total. The molecule has 0 saturated carbocycles. The number of carbonyl (C=O) groups excluding carboxylic acids is 2. The molecule has 42 heavy (non-hydrogen) atoms. The number of aromatic amines is 1. The van der Waals surface area contributed by atoms with E-state index in [1.807, 2.05) is 60.7 Å². The second-order valence-corrected chi connectivity index (χ2v) is 8.66. The molecule has 0 fully saturated rings. The zero-order valence-corrected chi connectivity index (χ0v) is 27.7. The Morgan fingerprint density at radius 2 is 1.40 bits per heavy atom. The van der Waals surface area contributed by atoms with Crippen LogP contribution in [0.3, 0.4) is 0 Å². The van der Waals surface area contributed by atoms with Crippen LogP contribution in [0.4, 0.5) is 0 Å². The zero-order valence-electron chi connectivity index (χ0n) is 23.3. The predicted octanol–water partition coefficient (Wildman–Crippen LogP) is 1.19. The van der Waals surface area contributed by atoms with E-state index in [9.17, 15) is 9.59 Å². The molecular formula is C26H30ClN6NaO6S2. The fourth-order valence-corrected chi connectivity index (χ4v) is 3.51. The van der Waals surface area contributed by atoms with Gasteiger partial charge in [-0.3, -0.25) is 14.7 Å². The summed E-state index contributed by atoms with van der Waals surface area (Å²) in [4.78, 5) is 29.8. The van der Waals surface area contributed by atoms with Gasteiger partial charge in [0.15, 0.2) is 0 Å². The summed E-state index contributed by atoms with van der Waals surface area (Å²) < 4.78 is 9.67. The minimum absolute atomic E-state index is 0. The third-order valence-corrected chi connectivity index (χ3v) is 5.50. The van der Waals surface area contributed by atoms with Gasteiger partial charge in [0.1, 0.15) is 5.88 Å². The number of thioether (sulfide) groups is 1. The Kier molecular flexibility index (Phi) is 24.3. The van der Waals surface area contributed by atoms with E-state index in [-0.39, 0.29) is 64.1 Å². The summed E-state index contributed by atoms with van der Waals surface area (Å²) >= 11 is 11.1. The topological polar surface area (TPSA) is 194 Å². The minimum atomic E-state index is -0.357. The van der Waals surface area contributed by atoms with Gasteiger partial charge in [-0.2, -0.15) is 10.2 Å². The summed E-state index contributed by atoms with van der Waals surface area (Å²) in [5.74, 6) is -0.493. The Hall–Kier alpha value is -2.82. The van der Waals surface area contributed by atoms with E-state index in [2.05, 4.69) is 35.1 Å². The van der Waals surface area contributed by atoms with Gasteiger partial charge in [0, 0.05) is 11.1 Å². The molecule has 16 heteroatoms. The van der Waals surface area contributed by atoms with Gasteiger partial charge in [-0.05, 0) is 26.1 Å². The normalized spacial score (nSPS) is 9.02. The molecule has 0 aliphatic carbocycles. The summed E-state index contributed by atoms with van der Waals surface area (Å²) in [6.45, 7) is 4.30. The molecule has 4 rings (SSSR count). The Morgan fingerprint density at radius 3 is 1.88 bits per heavy atom. The molecule has 4 aromatic rings. The maximum atomic E-state index is 11.3. The van der Waals surface area contributed by atoms with Gasteiger partial charge >= 0.3 is 41.5 Å². The number of nitrogens with zero attached hydrogens (tertiary/aromatic N) is 5. The number of alkyl halides is 1. The van der Waals surface area contributed by atoms with Crippen molar-refractivity contribution in [3.63, 3.8) is 0 Å². The van der Waals surface area contributed by atoms with Gasteiger partial charge in [0.05, 0.1) is 42.7 Å². The van der Waals surface area contributed by atoms with E-state index in [0.717, 1.165) is 22.5 Å². The van der Waals surface area contributed by atoms with Crippen molar-refractivity contribution in [3.8, 4) is 22.5 Å². The number of ether oxygens (including phenoxy) is 2. The van der Waals surface area contributed by atoms with Crippen molar-refractivity contribution < 1.29 is 59.6 Å². The van der Waals surface area contributed by atoms with Gasteiger partial charge < -0.3 is 20.4 Å². The van der Waals surface area contributed by atoms with Crippen molar-refractivity contribution in [1.29, 1.82) is 0 Å². The fraction of sp³-hybridized carbons (Fsp3) is 0.231. The Morgan fingerprint density at radius 1 is 0.881 bits per heavy atom. The molecule has 0 saturated heterocycles. The number of hydrogen-bond acceptors (Lipinski definition) is 12. The first-order valence-corrected chi connectivity index (χ1v) is 13.6. The third-order valence-electron chi connectivity index (χ3n) is 4.29. The van der Waals surface area contributed by atoms with Crippen molar-refractivity contribution in [1.82, 2.24) is 30.4 Å². The van der Waals surface area contributed by atoms with Crippen molar-refractivity contribution >= 4 is 47.5 Å². The molecule has 12 nitrogen and oxygen atoms in total. The summed E-state index contributed by atoms with van der Waals surface area (Å²) in [5, 5.41) is 14.7. The SMILES string of the molecule is CCOC(=O)CCl.CCOC(=O)CSc1nncc(-c2ccccc2)n1.O.S=c1nc(-c2ccccc2)cn[nH]1.[Na+].[OH-]. The van der Waals surface area contributed by atoms with Crippen LogP contribution in [0.25, 0.3) is 22.5 Å². The Balaban J connectivity index is 0. The molecule has 220 valence electrons.